The van der Waals surface area contributed by atoms with Crippen molar-refractivity contribution < 1.29 is 0 Å². The smallest absolute Gasteiger partial charge is 0.0808 e. The quantitative estimate of drug-likeness (QED) is 0.590. The van der Waals surface area contributed by atoms with Crippen molar-refractivity contribution in [1.82, 2.24) is 0 Å². The van der Waals surface area contributed by atoms with Crippen molar-refractivity contribution in [3.63, 3.8) is 0 Å². The topological polar surface area (TPSA) is 47.6 Å². The number of nitriles is 2. The zero-order valence-corrected chi connectivity index (χ0v) is 7.17. The van der Waals surface area contributed by atoms with Crippen molar-refractivity contribution in [1.29, 1.82) is 10.5 Å². The second-order valence-electron chi connectivity index (χ2n) is 1.42. The standard InChI is InChI=1S/C6H8N2S2/c7-1-3-9-5-6-10-4-2-8/h3-6H2. The van der Waals surface area contributed by atoms with Gasteiger partial charge in [0.2, 0.25) is 0 Å². The molecule has 0 atom stereocenters. The van der Waals surface area contributed by atoms with Gasteiger partial charge in [-0.1, -0.05) is 0 Å². The highest BCUT2D eigenvalue weighted by atomic mass is 32.2. The Bertz CT molecular complexity index is 127. The Hall–Kier alpha value is -0.320. The summed E-state index contributed by atoms with van der Waals surface area (Å²) in [6.07, 6.45) is 0. The van der Waals surface area contributed by atoms with Crippen LogP contribution < -0.4 is 0 Å². The van der Waals surface area contributed by atoms with E-state index in [-0.39, 0.29) is 0 Å². The molecule has 0 saturated heterocycles. The maximum atomic E-state index is 8.14. The predicted molar refractivity (Wildman–Crippen MR) is 45.9 cm³/mol. The molecular formula is C6H8N2S2. The third-order valence-electron chi connectivity index (χ3n) is 0.705. The first-order chi connectivity index (χ1) is 4.91. The van der Waals surface area contributed by atoms with Gasteiger partial charge in [0.25, 0.3) is 0 Å². The van der Waals surface area contributed by atoms with E-state index in [9.17, 15) is 0 Å². The van der Waals surface area contributed by atoms with Crippen LogP contribution in [0.4, 0.5) is 0 Å². The molecule has 0 radical (unpaired) electrons. The molecule has 0 fully saturated rings. The van der Waals surface area contributed by atoms with Gasteiger partial charge < -0.3 is 0 Å². The molecule has 0 aromatic heterocycles. The minimum absolute atomic E-state index is 0.563. The van der Waals surface area contributed by atoms with Crippen LogP contribution in [0.15, 0.2) is 0 Å². The summed E-state index contributed by atoms with van der Waals surface area (Å²) in [5.41, 5.74) is 0. The van der Waals surface area contributed by atoms with Crippen molar-refractivity contribution in [3.8, 4) is 12.1 Å². The van der Waals surface area contributed by atoms with Gasteiger partial charge in [0.15, 0.2) is 0 Å². The molecule has 0 aromatic rings. The number of thioether (sulfide) groups is 2. The van der Waals surface area contributed by atoms with Gasteiger partial charge in [-0.05, 0) is 0 Å². The summed E-state index contributed by atoms with van der Waals surface area (Å²) in [7, 11) is 0. The Morgan fingerprint density at radius 2 is 1.30 bits per heavy atom. The fraction of sp³-hybridized carbons (Fsp3) is 0.667. The molecule has 0 spiro atoms. The van der Waals surface area contributed by atoms with E-state index in [1.165, 1.54) is 0 Å². The molecule has 0 saturated carbocycles. The molecule has 0 bridgehead atoms. The highest BCUT2D eigenvalue weighted by Gasteiger charge is 1.87. The average molecular weight is 172 g/mol. The summed E-state index contributed by atoms with van der Waals surface area (Å²) < 4.78 is 0. The molecule has 0 aliphatic carbocycles. The SMILES string of the molecule is N#CCSCCSCC#N. The Labute approximate surface area is 69.6 Å². The van der Waals surface area contributed by atoms with E-state index in [4.69, 9.17) is 10.5 Å². The Kier molecular flexibility index (Phi) is 8.40. The fourth-order valence-corrected chi connectivity index (χ4v) is 1.77. The maximum Gasteiger partial charge on any atom is 0.0808 e. The summed E-state index contributed by atoms with van der Waals surface area (Å²) >= 11 is 3.22. The van der Waals surface area contributed by atoms with Gasteiger partial charge in [-0.2, -0.15) is 10.5 Å². The van der Waals surface area contributed by atoms with Crippen molar-refractivity contribution >= 4 is 23.5 Å². The molecule has 0 heterocycles. The molecule has 0 aliphatic rings. The first kappa shape index (κ1) is 9.68. The molecule has 0 N–H and O–H groups in total. The summed E-state index contributed by atoms with van der Waals surface area (Å²) in [4.78, 5) is 0. The highest BCUT2D eigenvalue weighted by molar-refractivity contribution is 8.03. The molecule has 0 aromatic carbocycles. The van der Waals surface area contributed by atoms with Gasteiger partial charge in [-0.3, -0.25) is 0 Å². The molecule has 0 unspecified atom stereocenters. The van der Waals surface area contributed by atoms with E-state index in [2.05, 4.69) is 0 Å². The highest BCUT2D eigenvalue weighted by Crippen LogP contribution is 2.04. The first-order valence-corrected chi connectivity index (χ1v) is 5.12. The van der Waals surface area contributed by atoms with Crippen LogP contribution in [-0.2, 0) is 0 Å². The Balaban J connectivity index is 2.80. The third-order valence-corrected chi connectivity index (χ3v) is 2.62. The van der Waals surface area contributed by atoms with Gasteiger partial charge in [0.1, 0.15) is 0 Å². The van der Waals surface area contributed by atoms with Crippen LogP contribution in [0.5, 0.6) is 0 Å². The van der Waals surface area contributed by atoms with Crippen LogP contribution in [0.2, 0.25) is 0 Å². The lowest BCUT2D eigenvalue weighted by Gasteiger charge is -1.92. The van der Waals surface area contributed by atoms with E-state index in [0.29, 0.717) is 11.5 Å². The maximum absolute atomic E-state index is 8.14. The molecule has 54 valence electrons. The largest absolute Gasteiger partial charge is 0.197 e. The van der Waals surface area contributed by atoms with Crippen molar-refractivity contribution in [2.75, 3.05) is 23.0 Å². The van der Waals surface area contributed by atoms with Gasteiger partial charge in [0.05, 0.1) is 23.6 Å². The summed E-state index contributed by atoms with van der Waals surface area (Å²) in [6, 6.07) is 4.09. The minimum Gasteiger partial charge on any atom is -0.197 e. The zero-order chi connectivity index (χ0) is 7.66. The molecule has 2 nitrogen and oxygen atoms in total. The van der Waals surface area contributed by atoms with Crippen molar-refractivity contribution in [2.45, 2.75) is 0 Å². The van der Waals surface area contributed by atoms with E-state index in [1.54, 1.807) is 23.5 Å². The predicted octanol–water partition coefficient (Wildman–Crippen LogP) is 1.50. The molecule has 0 rings (SSSR count). The number of rotatable bonds is 5. The van der Waals surface area contributed by atoms with Crippen LogP contribution >= 0.6 is 23.5 Å². The second-order valence-corrected chi connectivity index (χ2v) is 3.63. The summed E-state index contributed by atoms with van der Waals surface area (Å²) in [5.74, 6) is 3.07. The van der Waals surface area contributed by atoms with E-state index >= 15 is 0 Å². The van der Waals surface area contributed by atoms with Crippen LogP contribution in [0.3, 0.4) is 0 Å². The number of nitrogens with zero attached hydrogens (tertiary/aromatic N) is 2. The van der Waals surface area contributed by atoms with Gasteiger partial charge >= 0.3 is 0 Å². The zero-order valence-electron chi connectivity index (χ0n) is 5.54. The van der Waals surface area contributed by atoms with Gasteiger partial charge in [-0.15, -0.1) is 23.5 Å². The lowest BCUT2D eigenvalue weighted by molar-refractivity contribution is 1.47. The lowest BCUT2D eigenvalue weighted by Crippen LogP contribution is -1.85. The molecule has 4 heteroatoms. The summed E-state index contributed by atoms with van der Waals surface area (Å²) in [6.45, 7) is 0. The van der Waals surface area contributed by atoms with E-state index in [1.807, 2.05) is 12.1 Å². The monoisotopic (exact) mass is 172 g/mol. The number of hydrogen-bond donors (Lipinski definition) is 0. The Morgan fingerprint density at radius 3 is 1.60 bits per heavy atom. The van der Waals surface area contributed by atoms with E-state index < -0.39 is 0 Å². The van der Waals surface area contributed by atoms with Crippen LogP contribution in [0.25, 0.3) is 0 Å². The second kappa shape index (κ2) is 8.68. The van der Waals surface area contributed by atoms with Crippen LogP contribution in [-0.4, -0.2) is 23.0 Å². The average Bonchev–Trinajstić information content (AvgIpc) is 1.97. The summed E-state index contributed by atoms with van der Waals surface area (Å²) in [5, 5.41) is 16.3. The minimum atomic E-state index is 0.563. The normalized spacial score (nSPS) is 8.20. The molecule has 10 heavy (non-hydrogen) atoms. The van der Waals surface area contributed by atoms with E-state index in [0.717, 1.165) is 11.5 Å². The Morgan fingerprint density at radius 1 is 0.900 bits per heavy atom. The molecular weight excluding hydrogens is 164 g/mol. The molecule has 0 aliphatic heterocycles. The van der Waals surface area contributed by atoms with Gasteiger partial charge in [0, 0.05) is 11.5 Å². The van der Waals surface area contributed by atoms with Crippen molar-refractivity contribution in [3.05, 3.63) is 0 Å². The third kappa shape index (κ3) is 7.68. The van der Waals surface area contributed by atoms with Crippen molar-refractivity contribution in [2.24, 2.45) is 0 Å². The molecule has 0 amide bonds. The fourth-order valence-electron chi connectivity index (χ4n) is 0.353. The first-order valence-electron chi connectivity index (χ1n) is 2.81. The number of hydrogen-bond acceptors (Lipinski definition) is 4. The lowest BCUT2D eigenvalue weighted by atomic mass is 10.9. The van der Waals surface area contributed by atoms with Gasteiger partial charge in [-0.25, -0.2) is 0 Å². The van der Waals surface area contributed by atoms with Crippen LogP contribution in [0, 0.1) is 22.7 Å². The van der Waals surface area contributed by atoms with Crippen LogP contribution in [0.1, 0.15) is 0 Å².